The summed E-state index contributed by atoms with van der Waals surface area (Å²) in [5, 5.41) is 9.04. The standard InChI is InChI=1S/C11H13NO2/c1-2-8-11(12,10(13)14)9-6-4-3-5-7-9/h2-7H,1,8,12H2,(H,13,14). The van der Waals surface area contributed by atoms with Gasteiger partial charge >= 0.3 is 5.97 Å². The number of aliphatic carboxylic acids is 1. The van der Waals surface area contributed by atoms with E-state index in [0.29, 0.717) is 5.56 Å². The van der Waals surface area contributed by atoms with Gasteiger partial charge in [0.15, 0.2) is 0 Å². The van der Waals surface area contributed by atoms with Gasteiger partial charge in [-0.25, -0.2) is 4.79 Å². The van der Waals surface area contributed by atoms with Crippen LogP contribution in [0.1, 0.15) is 12.0 Å². The molecule has 0 saturated heterocycles. The van der Waals surface area contributed by atoms with E-state index in [2.05, 4.69) is 6.58 Å². The fourth-order valence-electron chi connectivity index (χ4n) is 1.29. The van der Waals surface area contributed by atoms with Crippen LogP contribution >= 0.6 is 0 Å². The van der Waals surface area contributed by atoms with E-state index in [1.165, 1.54) is 6.08 Å². The Hall–Kier alpha value is -1.61. The van der Waals surface area contributed by atoms with Crippen LogP contribution in [0.3, 0.4) is 0 Å². The summed E-state index contributed by atoms with van der Waals surface area (Å²) in [6, 6.07) is 8.76. The van der Waals surface area contributed by atoms with Gasteiger partial charge in [0, 0.05) is 0 Å². The van der Waals surface area contributed by atoms with Crippen molar-refractivity contribution in [1.82, 2.24) is 0 Å². The summed E-state index contributed by atoms with van der Waals surface area (Å²) in [5.74, 6) is -1.04. The van der Waals surface area contributed by atoms with Crippen molar-refractivity contribution < 1.29 is 9.90 Å². The minimum absolute atomic E-state index is 0.215. The Morgan fingerprint density at radius 1 is 1.50 bits per heavy atom. The van der Waals surface area contributed by atoms with Crippen molar-refractivity contribution in [1.29, 1.82) is 0 Å². The molecule has 74 valence electrons. The third kappa shape index (κ3) is 1.83. The Morgan fingerprint density at radius 3 is 2.50 bits per heavy atom. The predicted molar refractivity (Wildman–Crippen MR) is 54.8 cm³/mol. The molecule has 0 amide bonds. The Balaban J connectivity index is 3.12. The maximum absolute atomic E-state index is 11.0. The highest BCUT2D eigenvalue weighted by molar-refractivity contribution is 5.80. The van der Waals surface area contributed by atoms with Gasteiger partial charge in [-0.1, -0.05) is 36.4 Å². The normalized spacial score (nSPS) is 14.4. The first-order valence-corrected chi connectivity index (χ1v) is 4.30. The number of carbonyl (C=O) groups is 1. The van der Waals surface area contributed by atoms with E-state index in [1.807, 2.05) is 6.07 Å². The Kier molecular flexibility index (Phi) is 3.04. The second-order valence-corrected chi connectivity index (χ2v) is 3.14. The molecule has 0 heterocycles. The molecule has 1 aromatic rings. The van der Waals surface area contributed by atoms with Gasteiger partial charge in [-0.3, -0.25) is 0 Å². The summed E-state index contributed by atoms with van der Waals surface area (Å²) in [7, 11) is 0. The van der Waals surface area contributed by atoms with Crippen molar-refractivity contribution >= 4 is 5.97 Å². The molecule has 0 aliphatic rings. The van der Waals surface area contributed by atoms with Crippen LogP contribution in [0.25, 0.3) is 0 Å². The highest BCUT2D eigenvalue weighted by Gasteiger charge is 2.34. The quantitative estimate of drug-likeness (QED) is 0.709. The molecule has 14 heavy (non-hydrogen) atoms. The van der Waals surface area contributed by atoms with E-state index in [4.69, 9.17) is 10.8 Å². The average Bonchev–Trinajstić information content (AvgIpc) is 2.19. The lowest BCUT2D eigenvalue weighted by atomic mass is 9.88. The lowest BCUT2D eigenvalue weighted by Crippen LogP contribution is -2.44. The van der Waals surface area contributed by atoms with Crippen LogP contribution in [0.2, 0.25) is 0 Å². The zero-order valence-electron chi connectivity index (χ0n) is 7.81. The first kappa shape index (κ1) is 10.5. The van der Waals surface area contributed by atoms with Crippen LogP contribution < -0.4 is 5.73 Å². The van der Waals surface area contributed by atoms with E-state index in [1.54, 1.807) is 24.3 Å². The maximum Gasteiger partial charge on any atom is 0.328 e. The van der Waals surface area contributed by atoms with Gasteiger partial charge in [0.05, 0.1) is 0 Å². The summed E-state index contributed by atoms with van der Waals surface area (Å²) < 4.78 is 0. The molecular weight excluding hydrogens is 178 g/mol. The molecule has 0 fully saturated rings. The van der Waals surface area contributed by atoms with Gasteiger partial charge in [0.2, 0.25) is 0 Å². The molecule has 0 aromatic heterocycles. The van der Waals surface area contributed by atoms with Gasteiger partial charge < -0.3 is 10.8 Å². The topological polar surface area (TPSA) is 63.3 Å². The highest BCUT2D eigenvalue weighted by Crippen LogP contribution is 2.22. The lowest BCUT2D eigenvalue weighted by Gasteiger charge is -2.23. The molecule has 0 saturated carbocycles. The van der Waals surface area contributed by atoms with E-state index in [-0.39, 0.29) is 6.42 Å². The molecule has 3 N–H and O–H groups in total. The number of rotatable bonds is 4. The van der Waals surface area contributed by atoms with Gasteiger partial charge in [-0.05, 0) is 12.0 Å². The van der Waals surface area contributed by atoms with Crippen molar-refractivity contribution in [3.05, 3.63) is 48.6 Å². The summed E-state index contributed by atoms with van der Waals surface area (Å²) in [6.07, 6.45) is 1.73. The van der Waals surface area contributed by atoms with Crippen LogP contribution in [0, 0.1) is 0 Å². The molecule has 3 heteroatoms. The predicted octanol–water partition coefficient (Wildman–Crippen LogP) is 1.50. The number of hydrogen-bond donors (Lipinski definition) is 2. The zero-order valence-corrected chi connectivity index (χ0v) is 7.81. The molecule has 0 radical (unpaired) electrons. The Labute approximate surface area is 82.9 Å². The van der Waals surface area contributed by atoms with Gasteiger partial charge in [-0.15, -0.1) is 6.58 Å². The number of carboxylic acid groups (broad SMARTS) is 1. The van der Waals surface area contributed by atoms with E-state index in [9.17, 15) is 4.79 Å². The summed E-state index contributed by atoms with van der Waals surface area (Å²) in [6.45, 7) is 3.51. The van der Waals surface area contributed by atoms with E-state index >= 15 is 0 Å². The smallest absolute Gasteiger partial charge is 0.328 e. The molecule has 1 atom stereocenters. The lowest BCUT2D eigenvalue weighted by molar-refractivity contribution is -0.143. The zero-order chi connectivity index (χ0) is 10.6. The largest absolute Gasteiger partial charge is 0.480 e. The molecule has 1 aromatic carbocycles. The number of carboxylic acids is 1. The second kappa shape index (κ2) is 4.07. The molecule has 0 aliphatic carbocycles. The van der Waals surface area contributed by atoms with E-state index < -0.39 is 11.5 Å². The minimum Gasteiger partial charge on any atom is -0.480 e. The van der Waals surface area contributed by atoms with Crippen molar-refractivity contribution in [2.45, 2.75) is 12.0 Å². The summed E-state index contributed by atoms with van der Waals surface area (Å²) in [4.78, 5) is 11.0. The average molecular weight is 191 g/mol. The number of nitrogens with two attached hydrogens (primary N) is 1. The van der Waals surface area contributed by atoms with Gasteiger partial charge in [0.25, 0.3) is 0 Å². The number of benzene rings is 1. The van der Waals surface area contributed by atoms with Crippen LogP contribution in [-0.4, -0.2) is 11.1 Å². The van der Waals surface area contributed by atoms with E-state index in [0.717, 1.165) is 0 Å². The first-order chi connectivity index (χ1) is 6.61. The molecule has 3 nitrogen and oxygen atoms in total. The van der Waals surface area contributed by atoms with Crippen molar-refractivity contribution in [2.24, 2.45) is 5.73 Å². The fraction of sp³-hybridized carbons (Fsp3) is 0.182. The molecule has 1 rings (SSSR count). The number of hydrogen-bond acceptors (Lipinski definition) is 2. The molecule has 1 unspecified atom stereocenters. The second-order valence-electron chi connectivity index (χ2n) is 3.14. The minimum atomic E-state index is -1.36. The molecule has 0 bridgehead atoms. The third-order valence-corrected chi connectivity index (χ3v) is 2.14. The summed E-state index contributed by atoms with van der Waals surface area (Å²) >= 11 is 0. The van der Waals surface area contributed by atoms with Crippen LogP contribution in [0.5, 0.6) is 0 Å². The highest BCUT2D eigenvalue weighted by atomic mass is 16.4. The van der Waals surface area contributed by atoms with Gasteiger partial charge in [0.1, 0.15) is 5.54 Å². The molecule has 0 aliphatic heterocycles. The van der Waals surface area contributed by atoms with Gasteiger partial charge in [-0.2, -0.15) is 0 Å². The molecule has 0 spiro atoms. The van der Waals surface area contributed by atoms with Crippen molar-refractivity contribution in [3.63, 3.8) is 0 Å². The third-order valence-electron chi connectivity index (χ3n) is 2.14. The fourth-order valence-corrected chi connectivity index (χ4v) is 1.29. The van der Waals surface area contributed by atoms with Crippen molar-refractivity contribution in [3.8, 4) is 0 Å². The van der Waals surface area contributed by atoms with Crippen LogP contribution in [-0.2, 0) is 10.3 Å². The Bertz CT molecular complexity index is 334. The maximum atomic E-state index is 11.0. The van der Waals surface area contributed by atoms with Crippen LogP contribution in [0.4, 0.5) is 0 Å². The van der Waals surface area contributed by atoms with Crippen molar-refractivity contribution in [2.75, 3.05) is 0 Å². The Morgan fingerprint density at radius 2 is 2.07 bits per heavy atom. The SMILES string of the molecule is C=CCC(N)(C(=O)O)c1ccccc1. The monoisotopic (exact) mass is 191 g/mol. The summed E-state index contributed by atoms with van der Waals surface area (Å²) in [5.41, 5.74) is 5.03. The first-order valence-electron chi connectivity index (χ1n) is 4.30. The van der Waals surface area contributed by atoms with Crippen LogP contribution in [0.15, 0.2) is 43.0 Å². The molecular formula is C11H13NO2.